The van der Waals surface area contributed by atoms with E-state index in [9.17, 15) is 19.1 Å². The minimum absolute atomic E-state index is 0.0300. The summed E-state index contributed by atoms with van der Waals surface area (Å²) in [7, 11) is 0. The van der Waals surface area contributed by atoms with E-state index < -0.39 is 29.4 Å². The highest BCUT2D eigenvalue weighted by Gasteiger charge is 2.50. The van der Waals surface area contributed by atoms with E-state index in [4.69, 9.17) is 25.6 Å². The predicted molar refractivity (Wildman–Crippen MR) is 272 cm³/mol. The SMILES string of the molecule is C#Cc1c(F)ccc2cc(O)cc(-c3ncc4c(N5CC6CCC(C5)N6C(=O)OCc5ccc(OC(=O)CCCCCCCCCCCCCCC)cc5)nc(OC[C@@]56CCCN5C[C@H](F)C6)nc4c3F)c12. The van der Waals surface area contributed by atoms with E-state index in [1.165, 1.54) is 94.7 Å². The Hall–Kier alpha value is -6.14. The number of aromatic hydroxyl groups is 1. The van der Waals surface area contributed by atoms with Gasteiger partial charge >= 0.3 is 18.1 Å². The molecule has 12 nitrogen and oxygen atoms in total. The molecule has 0 radical (unpaired) electrons. The van der Waals surface area contributed by atoms with Gasteiger partial charge in [-0.3, -0.25) is 19.6 Å². The number of esters is 1. The van der Waals surface area contributed by atoms with E-state index in [1.807, 2.05) is 4.90 Å². The lowest BCUT2D eigenvalue weighted by Crippen LogP contribution is -2.56. The second-order valence-electron chi connectivity index (χ2n) is 20.4. The van der Waals surface area contributed by atoms with Gasteiger partial charge in [0.1, 0.15) is 53.7 Å². The Bertz CT molecular complexity index is 2760. The molecule has 2 bridgehead atoms. The van der Waals surface area contributed by atoms with Crippen molar-refractivity contribution in [2.75, 3.05) is 37.7 Å². The Morgan fingerprint density at radius 1 is 0.889 bits per heavy atom. The fraction of sp³-hybridized carbons (Fsp3) is 0.526. The van der Waals surface area contributed by atoms with E-state index in [2.05, 4.69) is 27.7 Å². The van der Waals surface area contributed by atoms with Gasteiger partial charge in [-0.05, 0) is 79.9 Å². The molecule has 0 aliphatic carbocycles. The van der Waals surface area contributed by atoms with Crippen molar-refractivity contribution in [2.45, 2.75) is 159 Å². The molecule has 9 rings (SSSR count). The number of phenols is 1. The Kier molecular flexibility index (Phi) is 16.3. The molecule has 2 unspecified atom stereocenters. The van der Waals surface area contributed by atoms with Crippen LogP contribution in [0.4, 0.5) is 23.8 Å². The van der Waals surface area contributed by atoms with Crippen molar-refractivity contribution in [3.8, 4) is 41.1 Å². The minimum Gasteiger partial charge on any atom is -0.508 e. The van der Waals surface area contributed by atoms with E-state index >= 15 is 8.78 Å². The number of nitrogens with zero attached hydrogens (tertiary/aromatic N) is 6. The van der Waals surface area contributed by atoms with E-state index in [-0.39, 0.29) is 76.1 Å². The highest BCUT2D eigenvalue weighted by atomic mass is 19.1. The Morgan fingerprint density at radius 2 is 1.58 bits per heavy atom. The molecule has 2 aromatic heterocycles. The van der Waals surface area contributed by atoms with Crippen LogP contribution in [0.5, 0.6) is 17.5 Å². The van der Waals surface area contributed by atoms with Crippen molar-refractivity contribution in [1.82, 2.24) is 24.8 Å². The molecule has 4 atom stereocenters. The number of amides is 1. The molecule has 4 aliphatic rings. The third-order valence-electron chi connectivity index (χ3n) is 15.3. The van der Waals surface area contributed by atoms with Crippen LogP contribution in [-0.4, -0.2) is 98.5 Å². The fourth-order valence-electron chi connectivity index (χ4n) is 11.6. The first kappa shape index (κ1) is 50.8. The summed E-state index contributed by atoms with van der Waals surface area (Å²) in [5.74, 6) is 1.20. The Morgan fingerprint density at radius 3 is 2.28 bits per heavy atom. The van der Waals surface area contributed by atoms with Crippen LogP contribution in [0.2, 0.25) is 0 Å². The maximum Gasteiger partial charge on any atom is 0.410 e. The van der Waals surface area contributed by atoms with Crippen molar-refractivity contribution in [3.63, 3.8) is 0 Å². The topological polar surface area (TPSA) is 130 Å². The number of pyridine rings is 1. The molecular weight excluding hydrogens is 922 g/mol. The summed E-state index contributed by atoms with van der Waals surface area (Å²) in [5, 5.41) is 11.6. The zero-order valence-electron chi connectivity index (χ0n) is 41.5. The van der Waals surface area contributed by atoms with E-state index in [0.717, 1.165) is 44.2 Å². The van der Waals surface area contributed by atoms with Crippen molar-refractivity contribution in [3.05, 3.63) is 77.5 Å². The lowest BCUT2D eigenvalue weighted by atomic mass is 9.95. The molecule has 1 amide bonds. The molecule has 0 saturated carbocycles. The zero-order chi connectivity index (χ0) is 50.2. The van der Waals surface area contributed by atoms with Gasteiger partial charge in [0.2, 0.25) is 0 Å². The second-order valence-corrected chi connectivity index (χ2v) is 20.4. The summed E-state index contributed by atoms with van der Waals surface area (Å²) in [6, 6.07) is 11.8. The smallest absolute Gasteiger partial charge is 0.410 e. The molecule has 4 saturated heterocycles. The van der Waals surface area contributed by atoms with Crippen molar-refractivity contribution < 1.29 is 42.1 Å². The molecule has 0 spiro atoms. The summed E-state index contributed by atoms with van der Waals surface area (Å²) in [4.78, 5) is 46.2. The van der Waals surface area contributed by atoms with Gasteiger partial charge in [0, 0.05) is 49.6 Å². The number of halogens is 3. The normalized spacial score (nSPS) is 20.6. The van der Waals surface area contributed by atoms with Crippen molar-refractivity contribution in [1.29, 1.82) is 0 Å². The first-order chi connectivity index (χ1) is 35.0. The molecule has 4 aliphatic heterocycles. The third-order valence-corrected chi connectivity index (χ3v) is 15.3. The number of carbonyl (C=O) groups is 2. The maximum absolute atomic E-state index is 17.3. The Balaban J connectivity index is 0.835. The molecule has 4 fully saturated rings. The predicted octanol–water partition coefficient (Wildman–Crippen LogP) is 12.1. The average Bonchev–Trinajstić information content (AvgIpc) is 4.00. The van der Waals surface area contributed by atoms with Gasteiger partial charge in [0.15, 0.2) is 5.82 Å². The van der Waals surface area contributed by atoms with Gasteiger partial charge < -0.3 is 24.2 Å². The number of hydrogen-bond acceptors (Lipinski definition) is 11. The molecule has 15 heteroatoms. The fourth-order valence-corrected chi connectivity index (χ4v) is 11.6. The van der Waals surface area contributed by atoms with E-state index in [0.29, 0.717) is 62.3 Å². The van der Waals surface area contributed by atoms with Crippen LogP contribution < -0.4 is 14.4 Å². The highest BCUT2D eigenvalue weighted by Crippen LogP contribution is 2.43. The number of carbonyl (C=O) groups excluding carboxylic acids is 2. The molecule has 6 heterocycles. The second kappa shape index (κ2) is 23.2. The largest absolute Gasteiger partial charge is 0.508 e. The summed E-state index contributed by atoms with van der Waals surface area (Å²) in [6.45, 7) is 4.17. The quantitative estimate of drug-likeness (QED) is 0.0308. The molecule has 72 heavy (non-hydrogen) atoms. The number of ether oxygens (including phenoxy) is 3. The number of aromatic nitrogens is 3. The Labute approximate surface area is 420 Å². The monoisotopic (exact) mass is 989 g/mol. The molecule has 3 aromatic carbocycles. The van der Waals surface area contributed by atoms with Gasteiger partial charge in [-0.15, -0.1) is 6.42 Å². The zero-order valence-corrected chi connectivity index (χ0v) is 41.5. The summed E-state index contributed by atoms with van der Waals surface area (Å²) in [5.41, 5.74) is -0.117. The van der Waals surface area contributed by atoms with Gasteiger partial charge in [0.05, 0.1) is 28.6 Å². The van der Waals surface area contributed by atoms with E-state index in [1.54, 1.807) is 29.2 Å². The summed E-state index contributed by atoms with van der Waals surface area (Å²) >= 11 is 0. The maximum atomic E-state index is 17.3. The van der Waals surface area contributed by atoms with Crippen LogP contribution in [0.15, 0.2) is 54.7 Å². The van der Waals surface area contributed by atoms with Crippen LogP contribution in [0.3, 0.4) is 0 Å². The number of benzene rings is 3. The standard InChI is InChI=1S/C57H67F3N6O6/c1-3-5-6-7-8-9-10-11-12-13-14-15-16-18-49(68)72-44-24-19-38(20-25-44)36-70-56(69)66-41-22-23-42(66)35-64(34-41)54-47-32-61-52(46-30-43(67)29-39-21-26-48(59)45(4-2)50(39)46)51(60)53(47)62-55(63-54)71-37-57-27-17-28-65(57)33-40(58)31-57/h2,19-21,24-26,29-30,32,40-42,67H,3,5-18,22-23,27-28,31,33-37H2,1H3/t40-,41?,42?,57+/m1/s1. The number of rotatable bonds is 22. The van der Waals surface area contributed by atoms with Crippen LogP contribution in [0.25, 0.3) is 32.9 Å². The molecule has 5 aromatic rings. The number of unbranched alkanes of at least 4 members (excludes halogenated alkanes) is 12. The third kappa shape index (κ3) is 11.4. The summed E-state index contributed by atoms with van der Waals surface area (Å²) < 4.78 is 64.9. The number of terminal acetylenes is 1. The number of fused-ring (bicyclic) bond motifs is 5. The lowest BCUT2D eigenvalue weighted by molar-refractivity contribution is -0.134. The van der Waals surface area contributed by atoms with Crippen LogP contribution in [-0.2, 0) is 16.1 Å². The average molecular weight is 989 g/mol. The van der Waals surface area contributed by atoms with Gasteiger partial charge in [-0.25, -0.2) is 18.0 Å². The lowest BCUT2D eigenvalue weighted by Gasteiger charge is -2.41. The minimum atomic E-state index is -0.984. The number of piperazine rings is 1. The van der Waals surface area contributed by atoms with Crippen LogP contribution in [0, 0.1) is 24.0 Å². The highest BCUT2D eigenvalue weighted by molar-refractivity contribution is 6.03. The first-order valence-corrected chi connectivity index (χ1v) is 26.3. The van der Waals surface area contributed by atoms with Crippen molar-refractivity contribution in [2.24, 2.45) is 0 Å². The number of anilines is 1. The van der Waals surface area contributed by atoms with Crippen LogP contribution >= 0.6 is 0 Å². The molecule has 382 valence electrons. The number of phenolic OH excluding ortho intramolecular Hbond substituents is 1. The number of hydrogen-bond donors (Lipinski definition) is 1. The van der Waals surface area contributed by atoms with Crippen LogP contribution in [0.1, 0.15) is 140 Å². The first-order valence-electron chi connectivity index (χ1n) is 26.3. The summed E-state index contributed by atoms with van der Waals surface area (Å²) in [6.07, 6.45) is 25.7. The molecule has 1 N–H and O–H groups in total. The van der Waals surface area contributed by atoms with Gasteiger partial charge in [0.25, 0.3) is 0 Å². The number of alkyl halides is 1. The van der Waals surface area contributed by atoms with Gasteiger partial charge in [-0.2, -0.15) is 9.97 Å². The van der Waals surface area contributed by atoms with Crippen molar-refractivity contribution >= 4 is 39.6 Å². The van der Waals surface area contributed by atoms with Gasteiger partial charge in [-0.1, -0.05) is 108 Å². The molecular formula is C57H67F3N6O6.